The SMILES string of the molecule is Cc1c(C(=O)OCC2CN(CC(C)C)CCO2)sc2nc3n(c(=O)c12)CCCCC3. The first-order valence-electron chi connectivity index (χ1n) is 11.0. The van der Waals surface area contributed by atoms with Crippen LogP contribution >= 0.6 is 11.3 Å². The number of esters is 1. The monoisotopic (exact) mass is 433 g/mol. The number of carbonyl (C=O) groups is 1. The molecule has 2 aliphatic rings. The van der Waals surface area contributed by atoms with Crippen molar-refractivity contribution in [2.24, 2.45) is 5.92 Å². The number of fused-ring (bicyclic) bond motifs is 2. The van der Waals surface area contributed by atoms with E-state index in [2.05, 4.69) is 18.7 Å². The van der Waals surface area contributed by atoms with Crippen molar-refractivity contribution in [3.63, 3.8) is 0 Å². The number of nitrogens with zero attached hydrogens (tertiary/aromatic N) is 3. The van der Waals surface area contributed by atoms with E-state index in [1.54, 1.807) is 4.57 Å². The summed E-state index contributed by atoms with van der Waals surface area (Å²) in [7, 11) is 0. The molecule has 30 heavy (non-hydrogen) atoms. The first-order valence-corrected chi connectivity index (χ1v) is 11.8. The molecule has 0 saturated carbocycles. The van der Waals surface area contributed by atoms with Gasteiger partial charge in [0.1, 0.15) is 28.2 Å². The van der Waals surface area contributed by atoms with Crippen molar-refractivity contribution in [1.29, 1.82) is 0 Å². The van der Waals surface area contributed by atoms with Gasteiger partial charge in [-0.15, -0.1) is 11.3 Å². The maximum atomic E-state index is 13.1. The van der Waals surface area contributed by atoms with Gasteiger partial charge in [0.2, 0.25) is 0 Å². The zero-order valence-corrected chi connectivity index (χ0v) is 18.9. The smallest absolute Gasteiger partial charge is 0.348 e. The highest BCUT2D eigenvalue weighted by Crippen LogP contribution is 2.29. The van der Waals surface area contributed by atoms with Gasteiger partial charge in [-0.05, 0) is 31.2 Å². The Hall–Kier alpha value is -1.77. The average molecular weight is 434 g/mol. The number of morpholine rings is 1. The second-order valence-corrected chi connectivity index (χ2v) is 9.78. The van der Waals surface area contributed by atoms with Crippen LogP contribution in [0.2, 0.25) is 0 Å². The van der Waals surface area contributed by atoms with Crippen LogP contribution in [0.5, 0.6) is 0 Å². The number of aromatic nitrogens is 2. The zero-order chi connectivity index (χ0) is 21.3. The van der Waals surface area contributed by atoms with Gasteiger partial charge < -0.3 is 9.47 Å². The van der Waals surface area contributed by atoms with E-state index >= 15 is 0 Å². The third-order valence-electron chi connectivity index (χ3n) is 5.84. The molecule has 2 aliphatic heterocycles. The lowest BCUT2D eigenvalue weighted by molar-refractivity contribution is -0.0611. The molecule has 1 saturated heterocycles. The normalized spacial score (nSPS) is 20.3. The fraction of sp³-hybridized carbons (Fsp3) is 0.682. The molecule has 0 aromatic carbocycles. The van der Waals surface area contributed by atoms with E-state index in [0.717, 1.165) is 51.1 Å². The molecule has 0 aliphatic carbocycles. The molecule has 0 spiro atoms. The second-order valence-electron chi connectivity index (χ2n) is 8.78. The zero-order valence-electron chi connectivity index (χ0n) is 18.1. The van der Waals surface area contributed by atoms with Crippen molar-refractivity contribution in [3.05, 3.63) is 26.6 Å². The van der Waals surface area contributed by atoms with Gasteiger partial charge in [0, 0.05) is 32.6 Å². The Morgan fingerprint density at radius 2 is 2.13 bits per heavy atom. The lowest BCUT2D eigenvalue weighted by atomic mass is 10.2. The molecule has 164 valence electrons. The van der Waals surface area contributed by atoms with E-state index in [4.69, 9.17) is 14.5 Å². The maximum absolute atomic E-state index is 13.1. The van der Waals surface area contributed by atoms with Crippen molar-refractivity contribution in [3.8, 4) is 0 Å². The van der Waals surface area contributed by atoms with Crippen LogP contribution in [0.3, 0.4) is 0 Å². The molecule has 1 fully saturated rings. The Labute approximate surface area is 181 Å². The van der Waals surface area contributed by atoms with Crippen molar-refractivity contribution >= 4 is 27.5 Å². The van der Waals surface area contributed by atoms with Crippen LogP contribution in [0.25, 0.3) is 10.2 Å². The van der Waals surface area contributed by atoms with Gasteiger partial charge in [-0.2, -0.15) is 0 Å². The van der Waals surface area contributed by atoms with Crippen LogP contribution < -0.4 is 5.56 Å². The second kappa shape index (κ2) is 9.16. The summed E-state index contributed by atoms with van der Waals surface area (Å²) in [6.07, 6.45) is 3.86. The van der Waals surface area contributed by atoms with Crippen LogP contribution in [0.4, 0.5) is 0 Å². The lowest BCUT2D eigenvalue weighted by Crippen LogP contribution is -2.45. The lowest BCUT2D eigenvalue weighted by Gasteiger charge is -2.33. The van der Waals surface area contributed by atoms with Crippen molar-refractivity contribution in [2.75, 3.05) is 32.8 Å². The summed E-state index contributed by atoms with van der Waals surface area (Å²) in [6, 6.07) is 0. The molecule has 4 rings (SSSR count). The van der Waals surface area contributed by atoms with Crippen LogP contribution in [-0.4, -0.2) is 59.4 Å². The predicted molar refractivity (Wildman–Crippen MR) is 117 cm³/mol. The number of hydrogen-bond donors (Lipinski definition) is 0. The van der Waals surface area contributed by atoms with Crippen molar-refractivity contribution in [1.82, 2.24) is 14.5 Å². The largest absolute Gasteiger partial charge is 0.459 e. The van der Waals surface area contributed by atoms with Crippen molar-refractivity contribution in [2.45, 2.75) is 59.1 Å². The molecular weight excluding hydrogens is 402 g/mol. The minimum absolute atomic E-state index is 0.0235. The molecule has 2 aromatic rings. The molecular formula is C22H31N3O4S. The Bertz CT molecular complexity index is 981. The van der Waals surface area contributed by atoms with Gasteiger partial charge in [-0.3, -0.25) is 14.3 Å². The molecule has 2 aromatic heterocycles. The van der Waals surface area contributed by atoms with Gasteiger partial charge in [0.25, 0.3) is 5.56 Å². The fourth-order valence-electron chi connectivity index (χ4n) is 4.40. The summed E-state index contributed by atoms with van der Waals surface area (Å²) < 4.78 is 13.2. The third kappa shape index (κ3) is 4.45. The fourth-order valence-corrected chi connectivity index (χ4v) is 5.49. The number of ether oxygens (including phenoxy) is 2. The highest BCUT2D eigenvalue weighted by Gasteiger charge is 2.26. The predicted octanol–water partition coefficient (Wildman–Crippen LogP) is 3.01. The van der Waals surface area contributed by atoms with E-state index in [1.165, 1.54) is 11.3 Å². The van der Waals surface area contributed by atoms with E-state index in [-0.39, 0.29) is 24.2 Å². The summed E-state index contributed by atoms with van der Waals surface area (Å²) in [5.74, 6) is 1.04. The quantitative estimate of drug-likeness (QED) is 0.675. The Morgan fingerprint density at radius 3 is 2.93 bits per heavy atom. The standard InChI is InChI=1S/C22H31N3O4S/c1-14(2)11-24-9-10-28-16(12-24)13-29-22(27)19-15(3)18-20(30-19)23-17-7-5-4-6-8-25(17)21(18)26/h14,16H,4-13H2,1-3H3. The van der Waals surface area contributed by atoms with E-state index in [9.17, 15) is 9.59 Å². The first kappa shape index (κ1) is 21.5. The van der Waals surface area contributed by atoms with Crippen molar-refractivity contribution < 1.29 is 14.3 Å². The van der Waals surface area contributed by atoms with Gasteiger partial charge in [-0.25, -0.2) is 9.78 Å². The van der Waals surface area contributed by atoms with E-state index in [1.807, 2.05) is 6.92 Å². The van der Waals surface area contributed by atoms with Crippen LogP contribution in [0.15, 0.2) is 4.79 Å². The summed E-state index contributed by atoms with van der Waals surface area (Å²) >= 11 is 1.27. The van der Waals surface area contributed by atoms with Gasteiger partial charge >= 0.3 is 5.97 Å². The average Bonchev–Trinajstić information content (AvgIpc) is 2.87. The Balaban J connectivity index is 1.49. The Kier molecular flexibility index (Phi) is 6.55. The molecule has 8 heteroatoms. The van der Waals surface area contributed by atoms with Crippen LogP contribution in [0.1, 0.15) is 54.2 Å². The number of thiophene rings is 1. The van der Waals surface area contributed by atoms with Gasteiger partial charge in [0.05, 0.1) is 12.0 Å². The molecule has 0 bridgehead atoms. The molecule has 0 radical (unpaired) electrons. The Morgan fingerprint density at radius 1 is 1.30 bits per heavy atom. The van der Waals surface area contributed by atoms with E-state index in [0.29, 0.717) is 39.7 Å². The summed E-state index contributed by atoms with van der Waals surface area (Å²) in [4.78, 5) is 34.1. The highest BCUT2D eigenvalue weighted by atomic mass is 32.1. The minimum atomic E-state index is -0.389. The third-order valence-corrected chi connectivity index (χ3v) is 7.01. The molecule has 4 heterocycles. The summed E-state index contributed by atoms with van der Waals surface area (Å²) in [6.45, 7) is 10.5. The van der Waals surface area contributed by atoms with Crippen LogP contribution in [-0.2, 0) is 22.4 Å². The maximum Gasteiger partial charge on any atom is 0.348 e. The molecule has 7 nitrogen and oxygen atoms in total. The number of aryl methyl sites for hydroxylation is 2. The summed E-state index contributed by atoms with van der Waals surface area (Å²) in [5.41, 5.74) is 0.660. The molecule has 1 unspecified atom stereocenters. The minimum Gasteiger partial charge on any atom is -0.459 e. The molecule has 0 N–H and O–H groups in total. The number of hydrogen-bond acceptors (Lipinski definition) is 7. The molecule has 1 atom stereocenters. The topological polar surface area (TPSA) is 73.7 Å². The number of carbonyl (C=O) groups excluding carboxylic acids is 1. The molecule has 0 amide bonds. The van der Waals surface area contributed by atoms with Gasteiger partial charge in [-0.1, -0.05) is 20.3 Å². The van der Waals surface area contributed by atoms with Crippen LogP contribution in [0, 0.1) is 12.8 Å². The number of rotatable bonds is 5. The van der Waals surface area contributed by atoms with Gasteiger partial charge in [0.15, 0.2) is 0 Å². The first-order chi connectivity index (χ1) is 14.4. The summed E-state index contributed by atoms with van der Waals surface area (Å²) in [5, 5.41) is 0.564. The van der Waals surface area contributed by atoms with E-state index < -0.39 is 0 Å². The highest BCUT2D eigenvalue weighted by molar-refractivity contribution is 7.20.